The summed E-state index contributed by atoms with van der Waals surface area (Å²) in [6.07, 6.45) is 3.60. The Bertz CT molecular complexity index is 434. The first-order chi connectivity index (χ1) is 10.2. The van der Waals surface area contributed by atoms with Gasteiger partial charge in [0.2, 0.25) is 0 Å². The molecule has 1 heterocycles. The lowest BCUT2D eigenvalue weighted by Gasteiger charge is -2.09. The zero-order valence-electron chi connectivity index (χ0n) is 13.0. The van der Waals surface area contributed by atoms with Crippen LogP contribution in [0.2, 0.25) is 0 Å². The topological polar surface area (TPSA) is 33.6 Å². The lowest BCUT2D eigenvalue weighted by molar-refractivity contribution is 0.0764. The molecule has 1 saturated heterocycles. The van der Waals surface area contributed by atoms with E-state index in [2.05, 4.69) is 54.5 Å². The molecule has 2 rings (SSSR count). The van der Waals surface area contributed by atoms with Gasteiger partial charge < -0.3 is 10.1 Å². The average molecular weight is 306 g/mol. The minimum Gasteiger partial charge on any atom is -0.379 e. The van der Waals surface area contributed by atoms with Crippen molar-refractivity contribution >= 4 is 16.9 Å². The fraction of sp³-hybridized carbons (Fsp3) is 0.588. The molecule has 1 atom stereocenters. The summed E-state index contributed by atoms with van der Waals surface area (Å²) in [5, 5.41) is 4.64. The normalized spacial score (nSPS) is 20.1. The molecular weight excluding hydrogens is 280 g/mol. The van der Waals surface area contributed by atoms with Gasteiger partial charge in [-0.3, -0.25) is 4.99 Å². The van der Waals surface area contributed by atoms with Crippen LogP contribution in [0, 0.1) is 0 Å². The van der Waals surface area contributed by atoms with E-state index in [1.165, 1.54) is 5.56 Å². The van der Waals surface area contributed by atoms with Crippen LogP contribution >= 0.6 is 11.8 Å². The van der Waals surface area contributed by atoms with Crippen molar-refractivity contribution in [2.45, 2.75) is 45.3 Å². The Morgan fingerprint density at radius 2 is 2.10 bits per heavy atom. The molecule has 1 fully saturated rings. The molecule has 0 radical (unpaired) electrons. The van der Waals surface area contributed by atoms with E-state index >= 15 is 0 Å². The second kappa shape index (κ2) is 9.11. The zero-order chi connectivity index (χ0) is 14.9. The van der Waals surface area contributed by atoms with Crippen molar-refractivity contribution in [2.24, 2.45) is 4.99 Å². The Morgan fingerprint density at radius 1 is 1.29 bits per heavy atom. The third kappa shape index (κ3) is 6.53. The Labute approximate surface area is 132 Å². The zero-order valence-corrected chi connectivity index (χ0v) is 13.9. The van der Waals surface area contributed by atoms with Gasteiger partial charge in [-0.2, -0.15) is 0 Å². The molecule has 1 aliphatic rings. The summed E-state index contributed by atoms with van der Waals surface area (Å²) in [7, 11) is 0. The van der Waals surface area contributed by atoms with Gasteiger partial charge in [-0.15, -0.1) is 0 Å². The van der Waals surface area contributed by atoms with Crippen molar-refractivity contribution in [3.05, 3.63) is 35.9 Å². The van der Waals surface area contributed by atoms with Gasteiger partial charge in [-0.05, 0) is 38.7 Å². The molecule has 1 aliphatic heterocycles. The van der Waals surface area contributed by atoms with E-state index < -0.39 is 0 Å². The maximum Gasteiger partial charge on any atom is 0.156 e. The Hall–Kier alpha value is -1.00. The van der Waals surface area contributed by atoms with E-state index in [0.29, 0.717) is 12.1 Å². The van der Waals surface area contributed by atoms with Crippen molar-refractivity contribution in [3.63, 3.8) is 0 Å². The molecule has 0 aliphatic carbocycles. The van der Waals surface area contributed by atoms with Gasteiger partial charge in [0.15, 0.2) is 5.17 Å². The molecule has 4 heteroatoms. The summed E-state index contributed by atoms with van der Waals surface area (Å²) < 4.78 is 5.53. The van der Waals surface area contributed by atoms with Gasteiger partial charge in [-0.25, -0.2) is 0 Å². The number of nitrogens with zero attached hydrogens (tertiary/aromatic N) is 1. The van der Waals surface area contributed by atoms with Crippen molar-refractivity contribution in [2.75, 3.05) is 18.9 Å². The highest BCUT2D eigenvalue weighted by Gasteiger charge is 2.19. The number of unbranched alkanes of at least 4 members (excludes halogenated alkanes) is 1. The second-order valence-corrected chi connectivity index (χ2v) is 6.66. The first-order valence-electron chi connectivity index (χ1n) is 7.83. The third-order valence-electron chi connectivity index (χ3n) is 3.33. The van der Waals surface area contributed by atoms with Gasteiger partial charge in [0.05, 0.1) is 6.10 Å². The number of benzene rings is 1. The first-order valence-corrected chi connectivity index (χ1v) is 8.82. The van der Waals surface area contributed by atoms with E-state index in [1.807, 2.05) is 11.8 Å². The SMILES string of the molecule is CC(C)OCCCCN=C1NC(Cc2ccccc2)CS1. The third-order valence-corrected chi connectivity index (χ3v) is 4.42. The molecule has 1 aromatic carbocycles. The van der Waals surface area contributed by atoms with E-state index in [1.54, 1.807) is 0 Å². The summed E-state index contributed by atoms with van der Waals surface area (Å²) in [5.41, 5.74) is 1.39. The predicted octanol–water partition coefficient (Wildman–Crippen LogP) is 3.50. The minimum atomic E-state index is 0.335. The van der Waals surface area contributed by atoms with Gasteiger partial charge >= 0.3 is 0 Å². The number of hydrogen-bond acceptors (Lipinski definition) is 3. The van der Waals surface area contributed by atoms with Crippen molar-refractivity contribution in [3.8, 4) is 0 Å². The number of hydrogen-bond donors (Lipinski definition) is 1. The molecule has 3 nitrogen and oxygen atoms in total. The molecule has 0 spiro atoms. The molecule has 1 N–H and O–H groups in total. The molecule has 1 unspecified atom stereocenters. The molecule has 0 aromatic heterocycles. The highest BCUT2D eigenvalue weighted by molar-refractivity contribution is 8.14. The molecule has 0 bridgehead atoms. The lowest BCUT2D eigenvalue weighted by atomic mass is 10.1. The maximum atomic E-state index is 5.53. The first kappa shape index (κ1) is 16.4. The van der Waals surface area contributed by atoms with Crippen molar-refractivity contribution in [1.82, 2.24) is 5.32 Å². The van der Waals surface area contributed by atoms with E-state index in [9.17, 15) is 0 Å². The summed E-state index contributed by atoms with van der Waals surface area (Å²) in [6.45, 7) is 5.90. The summed E-state index contributed by atoms with van der Waals surface area (Å²) in [5.74, 6) is 1.12. The monoisotopic (exact) mass is 306 g/mol. The molecular formula is C17H26N2OS. The Morgan fingerprint density at radius 3 is 2.86 bits per heavy atom. The molecule has 1 aromatic rings. The van der Waals surface area contributed by atoms with E-state index in [-0.39, 0.29) is 0 Å². The molecule has 116 valence electrons. The average Bonchev–Trinajstić information content (AvgIpc) is 2.91. The van der Waals surface area contributed by atoms with Crippen LogP contribution in [0.3, 0.4) is 0 Å². The smallest absolute Gasteiger partial charge is 0.156 e. The minimum absolute atomic E-state index is 0.335. The van der Waals surface area contributed by atoms with Crippen LogP contribution in [-0.4, -0.2) is 36.2 Å². The number of ether oxygens (including phenoxy) is 1. The molecule has 0 amide bonds. The van der Waals surface area contributed by atoms with Crippen LogP contribution in [0.1, 0.15) is 32.3 Å². The number of aliphatic imine (C=N–C) groups is 1. The number of rotatable bonds is 8. The van der Waals surface area contributed by atoms with Gasteiger partial charge in [0.25, 0.3) is 0 Å². The van der Waals surface area contributed by atoms with Crippen molar-refractivity contribution < 1.29 is 4.74 Å². The standard InChI is InChI=1S/C17H26N2OS/c1-14(2)20-11-7-6-10-18-17-19-16(13-21-17)12-15-8-4-3-5-9-15/h3-5,8-9,14,16H,6-7,10-13H2,1-2H3,(H,18,19). The number of nitrogens with one attached hydrogen (secondary N) is 1. The van der Waals surface area contributed by atoms with Crippen LogP contribution in [0.15, 0.2) is 35.3 Å². The number of amidine groups is 1. The largest absolute Gasteiger partial charge is 0.379 e. The number of thioether (sulfide) groups is 1. The quantitative estimate of drug-likeness (QED) is 0.746. The van der Waals surface area contributed by atoms with E-state index in [0.717, 1.165) is 43.3 Å². The summed E-state index contributed by atoms with van der Waals surface area (Å²) in [6, 6.07) is 11.2. The van der Waals surface area contributed by atoms with Crippen molar-refractivity contribution in [1.29, 1.82) is 0 Å². The van der Waals surface area contributed by atoms with Crippen LogP contribution in [0.25, 0.3) is 0 Å². The van der Waals surface area contributed by atoms with Crippen LogP contribution < -0.4 is 5.32 Å². The molecule has 0 saturated carbocycles. The van der Waals surface area contributed by atoms with Gasteiger partial charge in [-0.1, -0.05) is 42.1 Å². The highest BCUT2D eigenvalue weighted by atomic mass is 32.2. The van der Waals surface area contributed by atoms with Crippen LogP contribution in [-0.2, 0) is 11.2 Å². The summed E-state index contributed by atoms with van der Waals surface area (Å²) >= 11 is 1.85. The Kier molecular flexibility index (Phi) is 7.10. The fourth-order valence-corrected chi connectivity index (χ4v) is 3.24. The maximum absolute atomic E-state index is 5.53. The Balaban J connectivity index is 1.62. The molecule has 21 heavy (non-hydrogen) atoms. The van der Waals surface area contributed by atoms with Gasteiger partial charge in [0.1, 0.15) is 0 Å². The predicted molar refractivity (Wildman–Crippen MR) is 92.2 cm³/mol. The van der Waals surface area contributed by atoms with Crippen LogP contribution in [0.5, 0.6) is 0 Å². The summed E-state index contributed by atoms with van der Waals surface area (Å²) in [4.78, 5) is 4.64. The highest BCUT2D eigenvalue weighted by Crippen LogP contribution is 2.17. The lowest BCUT2D eigenvalue weighted by Crippen LogP contribution is -2.29. The van der Waals surface area contributed by atoms with Gasteiger partial charge in [0, 0.05) is 24.9 Å². The fourth-order valence-electron chi connectivity index (χ4n) is 2.25. The van der Waals surface area contributed by atoms with E-state index in [4.69, 9.17) is 4.74 Å². The second-order valence-electron chi connectivity index (χ2n) is 5.66. The van der Waals surface area contributed by atoms with Crippen LogP contribution in [0.4, 0.5) is 0 Å².